The third-order valence-electron chi connectivity index (χ3n) is 4.02. The lowest BCUT2D eigenvalue weighted by atomic mass is 10.0. The zero-order valence-corrected chi connectivity index (χ0v) is 14.5. The minimum atomic E-state index is 0.0593. The van der Waals surface area contributed by atoms with E-state index in [0.717, 1.165) is 25.1 Å². The largest absolute Gasteiger partial charge is 0.325 e. The fourth-order valence-corrected chi connectivity index (χ4v) is 3.35. The average molecular weight is 406 g/mol. The Balaban J connectivity index is 1.62. The van der Waals surface area contributed by atoms with Gasteiger partial charge in [-0.3, -0.25) is 9.69 Å². The monoisotopic (exact) mass is 406 g/mol. The highest BCUT2D eigenvalue weighted by Crippen LogP contribution is 2.31. The highest BCUT2D eigenvalue weighted by molar-refractivity contribution is 14.1. The van der Waals surface area contributed by atoms with Crippen LogP contribution in [0.3, 0.4) is 0 Å². The lowest BCUT2D eigenvalue weighted by Crippen LogP contribution is -2.32. The molecule has 1 atom stereocenters. The Morgan fingerprint density at radius 2 is 1.86 bits per heavy atom. The van der Waals surface area contributed by atoms with Gasteiger partial charge in [0, 0.05) is 15.3 Å². The van der Waals surface area contributed by atoms with E-state index in [9.17, 15) is 4.79 Å². The lowest BCUT2D eigenvalue weighted by Gasteiger charge is -2.24. The van der Waals surface area contributed by atoms with Gasteiger partial charge in [-0.05, 0) is 71.8 Å². The Morgan fingerprint density at radius 3 is 2.59 bits per heavy atom. The van der Waals surface area contributed by atoms with Gasteiger partial charge in [0.1, 0.15) is 0 Å². The van der Waals surface area contributed by atoms with Crippen LogP contribution >= 0.6 is 22.6 Å². The molecule has 0 aliphatic carbocycles. The summed E-state index contributed by atoms with van der Waals surface area (Å²) in [4.78, 5) is 14.6. The van der Waals surface area contributed by atoms with Gasteiger partial charge in [0.05, 0.1) is 6.54 Å². The number of rotatable bonds is 4. The first-order chi connectivity index (χ1) is 10.7. The van der Waals surface area contributed by atoms with Crippen molar-refractivity contribution < 1.29 is 4.79 Å². The fraction of sp³-hybridized carbons (Fsp3) is 0.278. The first kappa shape index (κ1) is 15.5. The normalized spacial score (nSPS) is 18.3. The quantitative estimate of drug-likeness (QED) is 0.777. The van der Waals surface area contributed by atoms with Crippen LogP contribution in [0.25, 0.3) is 0 Å². The number of carbonyl (C=O) groups excluding carboxylic acids is 1. The highest BCUT2D eigenvalue weighted by Gasteiger charge is 2.27. The van der Waals surface area contributed by atoms with Crippen molar-refractivity contribution in [3.8, 4) is 0 Å². The summed E-state index contributed by atoms with van der Waals surface area (Å²) in [5.41, 5.74) is 2.17. The number of amides is 1. The highest BCUT2D eigenvalue weighted by atomic mass is 127. The molecule has 1 saturated heterocycles. The van der Waals surface area contributed by atoms with Gasteiger partial charge >= 0.3 is 0 Å². The molecule has 0 bridgehead atoms. The molecule has 0 spiro atoms. The summed E-state index contributed by atoms with van der Waals surface area (Å²) in [7, 11) is 0. The number of carbonyl (C=O) groups is 1. The fourth-order valence-electron chi connectivity index (χ4n) is 2.99. The molecule has 2 aromatic carbocycles. The van der Waals surface area contributed by atoms with Crippen LogP contribution in [0.2, 0.25) is 0 Å². The van der Waals surface area contributed by atoms with Gasteiger partial charge in [-0.25, -0.2) is 0 Å². The Bertz CT molecular complexity index is 627. The first-order valence-corrected chi connectivity index (χ1v) is 8.65. The van der Waals surface area contributed by atoms with E-state index in [1.807, 2.05) is 30.3 Å². The maximum Gasteiger partial charge on any atom is 0.238 e. The van der Waals surface area contributed by atoms with Crippen LogP contribution in [0.4, 0.5) is 5.69 Å². The van der Waals surface area contributed by atoms with Gasteiger partial charge in [-0.15, -0.1) is 0 Å². The topological polar surface area (TPSA) is 32.3 Å². The van der Waals surface area contributed by atoms with Gasteiger partial charge in [0.25, 0.3) is 0 Å². The molecule has 1 aliphatic heterocycles. The molecular formula is C18H19IN2O. The predicted molar refractivity (Wildman–Crippen MR) is 97.8 cm³/mol. The minimum absolute atomic E-state index is 0.0593. The van der Waals surface area contributed by atoms with E-state index < -0.39 is 0 Å². The smallest absolute Gasteiger partial charge is 0.238 e. The minimum Gasteiger partial charge on any atom is -0.325 e. The van der Waals surface area contributed by atoms with Crippen molar-refractivity contribution in [2.24, 2.45) is 0 Å². The third-order valence-corrected chi connectivity index (χ3v) is 4.74. The molecule has 3 nitrogen and oxygen atoms in total. The van der Waals surface area contributed by atoms with Gasteiger partial charge in [0.15, 0.2) is 0 Å². The molecule has 0 aromatic heterocycles. The maximum atomic E-state index is 12.3. The average Bonchev–Trinajstić information content (AvgIpc) is 2.98. The van der Waals surface area contributed by atoms with Crippen molar-refractivity contribution in [3.63, 3.8) is 0 Å². The van der Waals surface area contributed by atoms with Crippen LogP contribution in [0.5, 0.6) is 0 Å². The van der Waals surface area contributed by atoms with Gasteiger partial charge in [-0.1, -0.05) is 30.3 Å². The van der Waals surface area contributed by atoms with Crippen molar-refractivity contribution in [1.29, 1.82) is 0 Å². The molecule has 1 aliphatic rings. The van der Waals surface area contributed by atoms with Crippen LogP contribution in [0.15, 0.2) is 54.6 Å². The SMILES string of the molecule is O=C(CN1CCCC1c1ccccc1)Nc1ccc(I)cc1. The lowest BCUT2D eigenvalue weighted by molar-refractivity contribution is -0.117. The molecule has 2 aromatic rings. The Labute approximate surface area is 144 Å². The number of benzene rings is 2. The summed E-state index contributed by atoms with van der Waals surface area (Å²) < 4.78 is 1.17. The molecule has 1 heterocycles. The molecule has 4 heteroatoms. The predicted octanol–water partition coefficient (Wildman–Crippen LogP) is 4.07. The molecule has 1 fully saturated rings. The molecule has 114 valence electrons. The number of likely N-dealkylation sites (tertiary alicyclic amines) is 1. The van der Waals surface area contributed by atoms with Crippen LogP contribution < -0.4 is 5.32 Å². The summed E-state index contributed by atoms with van der Waals surface area (Å²) in [6.45, 7) is 1.44. The zero-order chi connectivity index (χ0) is 15.4. The first-order valence-electron chi connectivity index (χ1n) is 7.57. The Hall–Kier alpha value is -1.40. The molecule has 1 unspecified atom stereocenters. The number of nitrogens with one attached hydrogen (secondary N) is 1. The molecule has 0 saturated carbocycles. The third kappa shape index (κ3) is 3.87. The van der Waals surface area contributed by atoms with Gasteiger partial charge < -0.3 is 5.32 Å². The van der Waals surface area contributed by atoms with Crippen LogP contribution in [-0.2, 0) is 4.79 Å². The number of halogens is 1. The number of nitrogens with zero attached hydrogens (tertiary/aromatic N) is 1. The second-order valence-corrected chi connectivity index (χ2v) is 6.84. The van der Waals surface area contributed by atoms with Gasteiger partial charge in [-0.2, -0.15) is 0 Å². The molecule has 0 radical (unpaired) electrons. The Morgan fingerprint density at radius 1 is 1.14 bits per heavy atom. The zero-order valence-electron chi connectivity index (χ0n) is 12.3. The molecular weight excluding hydrogens is 387 g/mol. The van der Waals surface area contributed by atoms with E-state index in [2.05, 4.69) is 57.1 Å². The van der Waals surface area contributed by atoms with Crippen LogP contribution in [0.1, 0.15) is 24.4 Å². The van der Waals surface area contributed by atoms with E-state index in [1.54, 1.807) is 0 Å². The van der Waals surface area contributed by atoms with Crippen LogP contribution in [0, 0.1) is 3.57 Å². The maximum absolute atomic E-state index is 12.3. The summed E-state index contributed by atoms with van der Waals surface area (Å²) in [6, 6.07) is 18.7. The summed E-state index contributed by atoms with van der Waals surface area (Å²) >= 11 is 2.26. The second kappa shape index (κ2) is 7.24. The Kier molecular flexibility index (Phi) is 5.10. The molecule has 3 rings (SSSR count). The summed E-state index contributed by atoms with van der Waals surface area (Å²) in [6.07, 6.45) is 2.27. The number of hydrogen-bond donors (Lipinski definition) is 1. The van der Waals surface area contributed by atoms with Gasteiger partial charge in [0.2, 0.25) is 5.91 Å². The van der Waals surface area contributed by atoms with Crippen molar-refractivity contribution in [3.05, 3.63) is 63.7 Å². The number of anilines is 1. The van der Waals surface area contributed by atoms with E-state index in [0.29, 0.717) is 12.6 Å². The van der Waals surface area contributed by atoms with E-state index >= 15 is 0 Å². The van der Waals surface area contributed by atoms with Crippen molar-refractivity contribution in [2.45, 2.75) is 18.9 Å². The van der Waals surface area contributed by atoms with Crippen LogP contribution in [-0.4, -0.2) is 23.9 Å². The van der Waals surface area contributed by atoms with Crippen molar-refractivity contribution in [2.75, 3.05) is 18.4 Å². The molecule has 22 heavy (non-hydrogen) atoms. The van der Waals surface area contributed by atoms with E-state index in [-0.39, 0.29) is 5.91 Å². The van der Waals surface area contributed by atoms with Crippen molar-refractivity contribution >= 4 is 34.2 Å². The second-order valence-electron chi connectivity index (χ2n) is 5.59. The summed E-state index contributed by atoms with van der Waals surface area (Å²) in [5.74, 6) is 0.0593. The summed E-state index contributed by atoms with van der Waals surface area (Å²) in [5, 5.41) is 2.98. The number of hydrogen-bond acceptors (Lipinski definition) is 2. The van der Waals surface area contributed by atoms with Crippen molar-refractivity contribution in [1.82, 2.24) is 4.90 Å². The van der Waals surface area contributed by atoms with E-state index in [1.165, 1.54) is 9.13 Å². The standard InChI is InChI=1S/C18H19IN2O/c19-15-8-10-16(11-9-15)20-18(22)13-21-12-4-7-17(21)14-5-2-1-3-6-14/h1-3,5-6,8-11,17H,4,7,12-13H2,(H,20,22). The molecule has 1 N–H and O–H groups in total. The molecule has 1 amide bonds. The van der Waals surface area contributed by atoms with E-state index in [4.69, 9.17) is 0 Å².